The predicted molar refractivity (Wildman–Crippen MR) is 46.9 cm³/mol. The molecule has 0 fully saturated rings. The van der Waals surface area contributed by atoms with Gasteiger partial charge < -0.3 is 4.98 Å². The summed E-state index contributed by atoms with van der Waals surface area (Å²) >= 11 is 1.61. The summed E-state index contributed by atoms with van der Waals surface area (Å²) < 4.78 is 0. The first-order chi connectivity index (χ1) is 5.95. The maximum Gasteiger partial charge on any atom is 0.115 e. The fourth-order valence-corrected chi connectivity index (χ4v) is 1.60. The summed E-state index contributed by atoms with van der Waals surface area (Å²) in [5.74, 6) is 0. The van der Waals surface area contributed by atoms with Gasteiger partial charge >= 0.3 is 0 Å². The Morgan fingerprint density at radius 1 is 1.25 bits per heavy atom. The minimum Gasteiger partial charge on any atom is -0.356 e. The van der Waals surface area contributed by atoms with Gasteiger partial charge in [0.1, 0.15) is 6.33 Å². The molecule has 2 rings (SSSR count). The van der Waals surface area contributed by atoms with E-state index in [1.165, 1.54) is 6.33 Å². The van der Waals surface area contributed by atoms with Crippen molar-refractivity contribution in [1.82, 2.24) is 15.0 Å². The molecule has 0 aromatic carbocycles. The second-order valence-corrected chi connectivity index (χ2v) is 3.33. The van der Waals surface area contributed by atoms with Gasteiger partial charge in [-0.1, -0.05) is 11.8 Å². The van der Waals surface area contributed by atoms with Crippen molar-refractivity contribution in [2.45, 2.75) is 9.92 Å². The summed E-state index contributed by atoms with van der Waals surface area (Å²) in [5.41, 5.74) is 0. The number of aromatic amines is 1. The van der Waals surface area contributed by atoms with Crippen molar-refractivity contribution < 1.29 is 0 Å². The Morgan fingerprint density at radius 3 is 2.75 bits per heavy atom. The standard InChI is InChI=1S/C8H7N3S/c1-2-8(11-3-1)12-7-4-9-6-10-5-7/h1-6,11H. The third-order valence-electron chi connectivity index (χ3n) is 1.33. The van der Waals surface area contributed by atoms with Crippen LogP contribution in [0.1, 0.15) is 0 Å². The maximum absolute atomic E-state index is 3.92. The molecule has 2 heterocycles. The second kappa shape index (κ2) is 3.40. The average Bonchev–Trinajstić information content (AvgIpc) is 2.59. The van der Waals surface area contributed by atoms with Crippen LogP contribution >= 0.6 is 11.8 Å². The molecule has 0 spiro atoms. The Bertz CT molecular complexity index is 330. The lowest BCUT2D eigenvalue weighted by molar-refractivity contribution is 1.09. The lowest BCUT2D eigenvalue weighted by Crippen LogP contribution is -1.77. The normalized spacial score (nSPS) is 10.0. The van der Waals surface area contributed by atoms with Crippen molar-refractivity contribution in [1.29, 1.82) is 0 Å². The van der Waals surface area contributed by atoms with Crippen molar-refractivity contribution in [3.8, 4) is 0 Å². The van der Waals surface area contributed by atoms with Gasteiger partial charge in [-0.25, -0.2) is 9.97 Å². The zero-order valence-electron chi connectivity index (χ0n) is 6.27. The highest BCUT2D eigenvalue weighted by Crippen LogP contribution is 2.23. The second-order valence-electron chi connectivity index (χ2n) is 2.21. The van der Waals surface area contributed by atoms with Crippen molar-refractivity contribution in [2.75, 3.05) is 0 Å². The molecule has 2 aromatic heterocycles. The zero-order valence-corrected chi connectivity index (χ0v) is 7.08. The Morgan fingerprint density at radius 2 is 2.08 bits per heavy atom. The first kappa shape index (κ1) is 7.36. The average molecular weight is 177 g/mol. The predicted octanol–water partition coefficient (Wildman–Crippen LogP) is 1.96. The molecule has 3 nitrogen and oxygen atoms in total. The third kappa shape index (κ3) is 1.65. The van der Waals surface area contributed by atoms with E-state index in [2.05, 4.69) is 15.0 Å². The van der Waals surface area contributed by atoms with E-state index in [1.54, 1.807) is 24.2 Å². The summed E-state index contributed by atoms with van der Waals surface area (Å²) in [4.78, 5) is 12.0. The summed E-state index contributed by atoms with van der Waals surface area (Å²) in [6, 6.07) is 3.98. The number of nitrogens with zero attached hydrogens (tertiary/aromatic N) is 2. The molecule has 0 aliphatic rings. The molecule has 0 bridgehead atoms. The lowest BCUT2D eigenvalue weighted by atomic mass is 10.7. The number of H-pyrrole nitrogens is 1. The van der Waals surface area contributed by atoms with Crippen LogP contribution < -0.4 is 0 Å². The van der Waals surface area contributed by atoms with E-state index < -0.39 is 0 Å². The van der Waals surface area contributed by atoms with E-state index >= 15 is 0 Å². The SMILES string of the molecule is c1c[nH]c(Sc2cncnc2)c1. The maximum atomic E-state index is 3.92. The number of rotatable bonds is 2. The highest BCUT2D eigenvalue weighted by Gasteiger charge is 1.95. The Labute approximate surface area is 74.3 Å². The minimum absolute atomic E-state index is 1.04. The van der Waals surface area contributed by atoms with Crippen LogP contribution in [0.15, 0.2) is 47.0 Å². The first-order valence-electron chi connectivity index (χ1n) is 3.51. The molecule has 12 heavy (non-hydrogen) atoms. The van der Waals surface area contributed by atoms with Gasteiger partial charge in [0.25, 0.3) is 0 Å². The van der Waals surface area contributed by atoms with Crippen LogP contribution in [0.2, 0.25) is 0 Å². The van der Waals surface area contributed by atoms with Gasteiger partial charge in [0.05, 0.1) is 9.92 Å². The Balaban J connectivity index is 2.15. The van der Waals surface area contributed by atoms with Gasteiger partial charge in [-0.15, -0.1) is 0 Å². The molecule has 0 aliphatic heterocycles. The minimum atomic E-state index is 1.04. The zero-order chi connectivity index (χ0) is 8.23. The molecule has 60 valence electrons. The van der Waals surface area contributed by atoms with E-state index in [9.17, 15) is 0 Å². The molecule has 4 heteroatoms. The smallest absolute Gasteiger partial charge is 0.115 e. The summed E-state index contributed by atoms with van der Waals surface area (Å²) in [7, 11) is 0. The third-order valence-corrected chi connectivity index (χ3v) is 2.25. The van der Waals surface area contributed by atoms with Crippen LogP contribution in [0.4, 0.5) is 0 Å². The molecule has 0 saturated carbocycles. The van der Waals surface area contributed by atoms with Gasteiger partial charge in [0.2, 0.25) is 0 Å². The van der Waals surface area contributed by atoms with Crippen molar-refractivity contribution in [2.24, 2.45) is 0 Å². The fraction of sp³-hybridized carbons (Fsp3) is 0. The number of nitrogens with one attached hydrogen (secondary N) is 1. The molecular formula is C8H7N3S. The topological polar surface area (TPSA) is 41.6 Å². The summed E-state index contributed by atoms with van der Waals surface area (Å²) in [6.45, 7) is 0. The van der Waals surface area contributed by atoms with E-state index in [0.717, 1.165) is 9.92 Å². The first-order valence-corrected chi connectivity index (χ1v) is 4.33. The molecule has 0 amide bonds. The van der Waals surface area contributed by atoms with Crippen molar-refractivity contribution in [3.05, 3.63) is 37.1 Å². The monoisotopic (exact) mass is 177 g/mol. The molecule has 0 aliphatic carbocycles. The lowest BCUT2D eigenvalue weighted by Gasteiger charge is -1.94. The molecule has 2 aromatic rings. The number of hydrogen-bond acceptors (Lipinski definition) is 3. The summed E-state index contributed by atoms with van der Waals surface area (Å²) in [6.07, 6.45) is 7.00. The van der Waals surface area contributed by atoms with E-state index in [4.69, 9.17) is 0 Å². The molecule has 0 saturated heterocycles. The Hall–Kier alpha value is -1.29. The fourth-order valence-electron chi connectivity index (χ4n) is 0.842. The van der Waals surface area contributed by atoms with E-state index in [0.29, 0.717) is 0 Å². The Kier molecular flexibility index (Phi) is 2.09. The molecule has 0 radical (unpaired) electrons. The van der Waals surface area contributed by atoms with Gasteiger partial charge in [0, 0.05) is 18.6 Å². The summed E-state index contributed by atoms with van der Waals surface area (Å²) in [5, 5.41) is 1.10. The van der Waals surface area contributed by atoms with E-state index in [-0.39, 0.29) is 0 Å². The molecular weight excluding hydrogens is 170 g/mol. The van der Waals surface area contributed by atoms with Crippen LogP contribution in [0, 0.1) is 0 Å². The van der Waals surface area contributed by atoms with Gasteiger partial charge in [0.15, 0.2) is 0 Å². The van der Waals surface area contributed by atoms with Crippen molar-refractivity contribution >= 4 is 11.8 Å². The molecule has 1 N–H and O–H groups in total. The highest BCUT2D eigenvalue weighted by molar-refractivity contribution is 7.99. The highest BCUT2D eigenvalue weighted by atomic mass is 32.2. The van der Waals surface area contributed by atoms with Crippen LogP contribution in [0.25, 0.3) is 0 Å². The quantitative estimate of drug-likeness (QED) is 0.762. The van der Waals surface area contributed by atoms with Crippen LogP contribution in [-0.4, -0.2) is 15.0 Å². The van der Waals surface area contributed by atoms with Gasteiger partial charge in [-0.2, -0.15) is 0 Å². The largest absolute Gasteiger partial charge is 0.356 e. The molecule has 0 unspecified atom stereocenters. The van der Waals surface area contributed by atoms with Gasteiger partial charge in [-0.05, 0) is 12.1 Å². The van der Waals surface area contributed by atoms with E-state index in [1.807, 2.05) is 18.3 Å². The van der Waals surface area contributed by atoms with Crippen LogP contribution in [0.5, 0.6) is 0 Å². The number of hydrogen-bond donors (Lipinski definition) is 1. The number of aromatic nitrogens is 3. The van der Waals surface area contributed by atoms with Crippen molar-refractivity contribution in [3.63, 3.8) is 0 Å². The van der Waals surface area contributed by atoms with Crippen LogP contribution in [-0.2, 0) is 0 Å². The van der Waals surface area contributed by atoms with Crippen LogP contribution in [0.3, 0.4) is 0 Å². The van der Waals surface area contributed by atoms with Gasteiger partial charge in [-0.3, -0.25) is 0 Å². The molecule has 0 atom stereocenters.